The number of benzene rings is 2. The number of ether oxygens (including phenoxy) is 2. The molecule has 1 heterocycles. The zero-order chi connectivity index (χ0) is 23.8. The molecule has 180 valence electrons. The van der Waals surface area contributed by atoms with Crippen LogP contribution in [0.2, 0.25) is 0 Å². The molecule has 0 fully saturated rings. The zero-order valence-electron chi connectivity index (χ0n) is 21.0. The highest BCUT2D eigenvalue weighted by atomic mass is 16.5. The first-order valence-electron chi connectivity index (χ1n) is 12.3. The Labute approximate surface area is 199 Å². The first-order chi connectivity index (χ1) is 15.9. The van der Waals surface area contributed by atoms with Crippen LogP contribution in [-0.4, -0.2) is 44.7 Å². The summed E-state index contributed by atoms with van der Waals surface area (Å²) in [4.78, 5) is 17.2. The van der Waals surface area contributed by atoms with E-state index in [1.54, 1.807) is 21.1 Å². The molecule has 1 amide bonds. The number of nitrogens with zero attached hydrogens (tertiary/aromatic N) is 2. The molecule has 2 aromatic rings. The predicted molar refractivity (Wildman–Crippen MR) is 136 cm³/mol. The minimum atomic E-state index is 0.114. The Morgan fingerprint density at radius 1 is 0.879 bits per heavy atom. The Morgan fingerprint density at radius 2 is 1.52 bits per heavy atom. The highest BCUT2D eigenvalue weighted by Gasteiger charge is 2.19. The standard InChI is InChI=1S/C28H40N2O3/c1-21(2)19-29-15-9-7-6-8-10-16-30(22(3)31)26-13-11-23(17-25(26)20-29)24-12-14-27(32-4)28(18-24)33-5/h11-14,17-18,21H,6-10,15-16,19-20H2,1-5H3. The van der Waals surface area contributed by atoms with Crippen molar-refractivity contribution >= 4 is 11.6 Å². The summed E-state index contributed by atoms with van der Waals surface area (Å²) in [7, 11) is 3.31. The molecule has 0 aliphatic carbocycles. The van der Waals surface area contributed by atoms with Crippen LogP contribution < -0.4 is 14.4 Å². The molecule has 0 N–H and O–H groups in total. The molecule has 33 heavy (non-hydrogen) atoms. The second-order valence-corrected chi connectivity index (χ2v) is 9.48. The van der Waals surface area contributed by atoms with E-state index in [0.29, 0.717) is 5.92 Å². The van der Waals surface area contributed by atoms with Gasteiger partial charge in [0.05, 0.1) is 14.2 Å². The van der Waals surface area contributed by atoms with Gasteiger partial charge in [0.1, 0.15) is 0 Å². The highest BCUT2D eigenvalue weighted by molar-refractivity contribution is 5.92. The van der Waals surface area contributed by atoms with Crippen LogP contribution >= 0.6 is 0 Å². The van der Waals surface area contributed by atoms with Crippen LogP contribution in [0, 0.1) is 5.92 Å². The van der Waals surface area contributed by atoms with E-state index < -0.39 is 0 Å². The van der Waals surface area contributed by atoms with Crippen molar-refractivity contribution in [1.82, 2.24) is 4.90 Å². The molecule has 5 heteroatoms. The van der Waals surface area contributed by atoms with Crippen LogP contribution in [0.25, 0.3) is 11.1 Å². The van der Waals surface area contributed by atoms with Gasteiger partial charge in [-0.05, 0) is 66.3 Å². The number of rotatable bonds is 5. The Bertz CT molecular complexity index is 925. The number of fused-ring (bicyclic) bond motifs is 1. The molecule has 5 nitrogen and oxygen atoms in total. The number of hydrogen-bond donors (Lipinski definition) is 0. The van der Waals surface area contributed by atoms with Gasteiger partial charge in [-0.15, -0.1) is 0 Å². The van der Waals surface area contributed by atoms with E-state index in [9.17, 15) is 4.79 Å². The average Bonchev–Trinajstić information content (AvgIpc) is 2.79. The summed E-state index contributed by atoms with van der Waals surface area (Å²) in [6.45, 7) is 10.0. The first-order valence-corrected chi connectivity index (χ1v) is 12.3. The van der Waals surface area contributed by atoms with Gasteiger partial charge in [-0.1, -0.05) is 45.2 Å². The van der Waals surface area contributed by atoms with Gasteiger partial charge in [-0.25, -0.2) is 0 Å². The zero-order valence-corrected chi connectivity index (χ0v) is 21.0. The first kappa shape index (κ1) is 25.1. The van der Waals surface area contributed by atoms with Gasteiger partial charge < -0.3 is 14.4 Å². The highest BCUT2D eigenvalue weighted by Crippen LogP contribution is 2.35. The third kappa shape index (κ3) is 6.73. The number of anilines is 1. The van der Waals surface area contributed by atoms with Crippen molar-refractivity contribution in [2.45, 2.75) is 59.4 Å². The summed E-state index contributed by atoms with van der Waals surface area (Å²) < 4.78 is 10.9. The Kier molecular flexibility index (Phi) is 9.19. The quantitative estimate of drug-likeness (QED) is 0.546. The maximum absolute atomic E-state index is 12.6. The number of carbonyl (C=O) groups is 1. The molecule has 0 atom stereocenters. The molecular formula is C28H40N2O3. The van der Waals surface area contributed by atoms with Crippen molar-refractivity contribution in [2.24, 2.45) is 5.92 Å². The van der Waals surface area contributed by atoms with E-state index in [2.05, 4.69) is 43.0 Å². The maximum atomic E-state index is 12.6. The van der Waals surface area contributed by atoms with Crippen LogP contribution in [-0.2, 0) is 11.3 Å². The Morgan fingerprint density at radius 3 is 2.18 bits per heavy atom. The number of methoxy groups -OCH3 is 2. The van der Waals surface area contributed by atoms with E-state index >= 15 is 0 Å². The lowest BCUT2D eigenvalue weighted by atomic mass is 9.99. The van der Waals surface area contributed by atoms with Gasteiger partial charge in [0.2, 0.25) is 5.91 Å². The molecule has 0 aromatic heterocycles. The lowest BCUT2D eigenvalue weighted by Gasteiger charge is -2.30. The SMILES string of the molecule is COc1ccc(-c2ccc3c(c2)CN(CC(C)C)CCCCCCCN3C(C)=O)cc1OC. The molecule has 0 saturated heterocycles. The molecule has 0 bridgehead atoms. The fourth-order valence-corrected chi connectivity index (χ4v) is 4.75. The second-order valence-electron chi connectivity index (χ2n) is 9.48. The summed E-state index contributed by atoms with van der Waals surface area (Å²) in [6, 6.07) is 12.5. The Balaban J connectivity index is 2.05. The summed E-state index contributed by atoms with van der Waals surface area (Å²) in [5, 5.41) is 0. The monoisotopic (exact) mass is 452 g/mol. The minimum Gasteiger partial charge on any atom is -0.493 e. The van der Waals surface area contributed by atoms with E-state index in [1.165, 1.54) is 31.2 Å². The van der Waals surface area contributed by atoms with Crippen LogP contribution in [0.1, 0.15) is 58.4 Å². The lowest BCUT2D eigenvalue weighted by molar-refractivity contribution is -0.116. The average molecular weight is 453 g/mol. The van der Waals surface area contributed by atoms with Crippen molar-refractivity contribution in [2.75, 3.05) is 38.8 Å². The van der Waals surface area contributed by atoms with Crippen molar-refractivity contribution in [1.29, 1.82) is 0 Å². The lowest BCUT2D eigenvalue weighted by Crippen LogP contribution is -2.33. The number of amides is 1. The molecule has 3 rings (SSSR count). The third-order valence-electron chi connectivity index (χ3n) is 6.34. The fourth-order valence-electron chi connectivity index (χ4n) is 4.75. The number of hydrogen-bond acceptors (Lipinski definition) is 4. The van der Waals surface area contributed by atoms with Gasteiger partial charge >= 0.3 is 0 Å². The van der Waals surface area contributed by atoms with Gasteiger partial charge in [0, 0.05) is 32.2 Å². The Hall–Kier alpha value is -2.53. The summed E-state index contributed by atoms with van der Waals surface area (Å²) in [6.07, 6.45) is 5.95. The van der Waals surface area contributed by atoms with Gasteiger partial charge in [0.15, 0.2) is 11.5 Å². The van der Waals surface area contributed by atoms with Crippen LogP contribution in [0.5, 0.6) is 11.5 Å². The van der Waals surface area contributed by atoms with Crippen molar-refractivity contribution in [3.63, 3.8) is 0 Å². The smallest absolute Gasteiger partial charge is 0.223 e. The summed E-state index contributed by atoms with van der Waals surface area (Å²) >= 11 is 0. The second kappa shape index (κ2) is 12.1. The van der Waals surface area contributed by atoms with Crippen LogP contribution in [0.4, 0.5) is 5.69 Å². The van der Waals surface area contributed by atoms with Crippen molar-refractivity contribution < 1.29 is 14.3 Å². The number of carbonyl (C=O) groups excluding carboxylic acids is 1. The van der Waals surface area contributed by atoms with E-state index in [-0.39, 0.29) is 5.91 Å². The van der Waals surface area contributed by atoms with E-state index in [1.807, 2.05) is 17.0 Å². The van der Waals surface area contributed by atoms with Crippen LogP contribution in [0.15, 0.2) is 36.4 Å². The fraction of sp³-hybridized carbons (Fsp3) is 0.536. The van der Waals surface area contributed by atoms with Gasteiger partial charge in [-0.2, -0.15) is 0 Å². The molecule has 0 spiro atoms. The molecule has 0 radical (unpaired) electrons. The topological polar surface area (TPSA) is 42.0 Å². The van der Waals surface area contributed by atoms with E-state index in [0.717, 1.165) is 60.9 Å². The van der Waals surface area contributed by atoms with E-state index in [4.69, 9.17) is 9.47 Å². The van der Waals surface area contributed by atoms with Crippen molar-refractivity contribution in [3.8, 4) is 22.6 Å². The summed E-state index contributed by atoms with van der Waals surface area (Å²) in [5.74, 6) is 2.15. The van der Waals surface area contributed by atoms with Crippen LogP contribution in [0.3, 0.4) is 0 Å². The summed E-state index contributed by atoms with van der Waals surface area (Å²) in [5.41, 5.74) is 4.45. The molecule has 0 unspecified atom stereocenters. The molecule has 1 aliphatic heterocycles. The third-order valence-corrected chi connectivity index (χ3v) is 6.34. The predicted octanol–water partition coefficient (Wildman–Crippen LogP) is 6.15. The normalized spacial score (nSPS) is 16.0. The van der Waals surface area contributed by atoms with Crippen molar-refractivity contribution in [3.05, 3.63) is 42.0 Å². The largest absolute Gasteiger partial charge is 0.493 e. The van der Waals surface area contributed by atoms with Gasteiger partial charge in [-0.3, -0.25) is 9.69 Å². The molecular weight excluding hydrogens is 412 g/mol. The molecule has 2 aromatic carbocycles. The van der Waals surface area contributed by atoms with Gasteiger partial charge in [0.25, 0.3) is 0 Å². The molecule has 1 aliphatic rings. The maximum Gasteiger partial charge on any atom is 0.223 e. The minimum absolute atomic E-state index is 0.114. The molecule has 0 saturated carbocycles.